The number of nitrogens with one attached hydrogen (secondary N) is 1. The lowest BCUT2D eigenvalue weighted by Crippen LogP contribution is -2.66. The summed E-state index contributed by atoms with van der Waals surface area (Å²) in [5.41, 5.74) is 0. The largest absolute Gasteiger partial charge is 0.394 e. The van der Waals surface area contributed by atoms with E-state index >= 15 is 0 Å². The number of amides is 1. The van der Waals surface area contributed by atoms with Gasteiger partial charge in [0, 0.05) is 6.42 Å². The number of hydrogen-bond acceptors (Lipinski definition) is 18. The minimum Gasteiger partial charge on any atom is -0.394 e. The maximum Gasteiger partial charge on any atom is 0.220 e. The second kappa shape index (κ2) is 52.3. The highest BCUT2D eigenvalue weighted by Gasteiger charge is 2.53. The number of allylic oxidation sites excluding steroid dienone is 5. The van der Waals surface area contributed by atoms with Crippen LogP contribution in [-0.4, -0.2) is 193 Å². The van der Waals surface area contributed by atoms with Gasteiger partial charge in [-0.15, -0.1) is 0 Å². The molecule has 0 spiro atoms. The van der Waals surface area contributed by atoms with Gasteiger partial charge in [-0.1, -0.05) is 256 Å². The lowest BCUT2D eigenvalue weighted by molar-refractivity contribution is -0.379. The van der Waals surface area contributed by atoms with Crippen LogP contribution in [0.5, 0.6) is 0 Å². The number of carbonyl (C=O) groups excluding carboxylic acids is 1. The normalized spacial score (nSPS) is 28.4. The van der Waals surface area contributed by atoms with Crippen molar-refractivity contribution in [3.63, 3.8) is 0 Å². The molecular weight excluding hydrogens is 1140 g/mol. The number of carbonyl (C=O) groups is 1. The molecule has 0 radical (unpaired) electrons. The van der Waals surface area contributed by atoms with Gasteiger partial charge in [0.05, 0.1) is 38.6 Å². The summed E-state index contributed by atoms with van der Waals surface area (Å²) in [5.74, 6) is -0.285. The van der Waals surface area contributed by atoms with Gasteiger partial charge in [-0.3, -0.25) is 4.79 Å². The van der Waals surface area contributed by atoms with Crippen molar-refractivity contribution in [3.8, 4) is 0 Å². The van der Waals surface area contributed by atoms with Crippen LogP contribution in [0.2, 0.25) is 0 Å². The van der Waals surface area contributed by atoms with Crippen molar-refractivity contribution in [1.82, 2.24) is 5.32 Å². The molecule has 3 aliphatic heterocycles. The van der Waals surface area contributed by atoms with Gasteiger partial charge in [-0.05, 0) is 44.9 Å². The first kappa shape index (κ1) is 81.2. The monoisotopic (exact) mass is 1270 g/mol. The van der Waals surface area contributed by atoms with Crippen LogP contribution >= 0.6 is 0 Å². The van der Waals surface area contributed by atoms with E-state index in [1.54, 1.807) is 6.08 Å². The summed E-state index contributed by atoms with van der Waals surface area (Å²) >= 11 is 0. The Hall–Kier alpha value is -1.99. The van der Waals surface area contributed by atoms with E-state index in [0.29, 0.717) is 12.8 Å². The minimum absolute atomic E-state index is 0.236. The summed E-state index contributed by atoms with van der Waals surface area (Å²) < 4.78 is 34.3. The van der Waals surface area contributed by atoms with Crippen LogP contribution in [0.1, 0.15) is 271 Å². The summed E-state index contributed by atoms with van der Waals surface area (Å²) in [6.45, 7) is 1.73. The topological polar surface area (TPSA) is 307 Å². The molecule has 3 aliphatic rings. The van der Waals surface area contributed by atoms with Gasteiger partial charge in [0.1, 0.15) is 73.2 Å². The number of aliphatic hydroxyl groups is 11. The zero-order valence-corrected chi connectivity index (χ0v) is 55.2. The Morgan fingerprint density at radius 2 is 0.719 bits per heavy atom. The van der Waals surface area contributed by atoms with Crippen LogP contribution in [0.3, 0.4) is 0 Å². The lowest BCUT2D eigenvalue weighted by Gasteiger charge is -2.48. The molecule has 12 N–H and O–H groups in total. The average Bonchev–Trinajstić information content (AvgIpc) is 1.91. The van der Waals surface area contributed by atoms with Crippen molar-refractivity contribution < 1.29 is 89.4 Å². The molecule has 3 rings (SSSR count). The van der Waals surface area contributed by atoms with E-state index in [9.17, 15) is 61.0 Å². The van der Waals surface area contributed by atoms with Crippen LogP contribution in [0.4, 0.5) is 0 Å². The molecule has 17 unspecified atom stereocenters. The maximum absolute atomic E-state index is 13.4. The van der Waals surface area contributed by atoms with Crippen molar-refractivity contribution in [2.45, 2.75) is 375 Å². The molecule has 0 saturated carbocycles. The van der Waals surface area contributed by atoms with Gasteiger partial charge < -0.3 is 89.9 Å². The Labute approximate surface area is 536 Å². The Morgan fingerprint density at radius 3 is 1.12 bits per heavy atom. The maximum atomic E-state index is 13.4. The highest BCUT2D eigenvalue weighted by Crippen LogP contribution is 2.33. The van der Waals surface area contributed by atoms with E-state index in [4.69, 9.17) is 28.4 Å². The lowest BCUT2D eigenvalue weighted by atomic mass is 9.96. The van der Waals surface area contributed by atoms with Crippen molar-refractivity contribution in [1.29, 1.82) is 0 Å². The summed E-state index contributed by atoms with van der Waals surface area (Å²) in [6, 6.07) is -0.994. The SMILES string of the molecule is CCCCCCCCC/C=C/CC/C=C/CC/C=C/C(O)C(COC1OC(CO)C(OC2OC(CO)C(OC3OC(CO)C(O)C(O)C3O)C(O)C2O)C(O)C1O)NC(=O)CCCCCCCCCCCCCCCCCCCCCCCCCCCCC. The van der Waals surface area contributed by atoms with Crippen LogP contribution in [0, 0.1) is 0 Å². The molecule has 3 fully saturated rings. The molecule has 0 aliphatic carbocycles. The van der Waals surface area contributed by atoms with Crippen molar-refractivity contribution in [2.75, 3.05) is 26.4 Å². The molecule has 19 heteroatoms. The standard InChI is InChI=1S/C70H129NO18/c1-3-5-7-9-11-13-15-17-19-21-22-23-24-25-26-27-28-29-30-32-34-36-38-40-42-44-46-48-58(76)71-53(54(75)47-45-43-41-39-37-35-33-31-20-18-16-14-12-10-8-6-4-2)52-84-68-64(82)61(79)66(56(50-73)86-68)89-70-65(83)62(80)67(57(51-74)87-70)88-69-63(81)60(78)59(77)55(49-72)85-69/h20,31,37,39,45,47,53-57,59-70,72-75,77-83H,3-19,21-30,32-36,38,40-44,46,48-52H2,1-2H3,(H,71,76)/b31-20+,39-37+,47-45+. The van der Waals surface area contributed by atoms with E-state index in [0.717, 1.165) is 44.9 Å². The number of hydrogen-bond donors (Lipinski definition) is 12. The first-order valence-corrected chi connectivity index (χ1v) is 35.7. The van der Waals surface area contributed by atoms with E-state index in [1.165, 1.54) is 193 Å². The van der Waals surface area contributed by atoms with Gasteiger partial charge in [0.25, 0.3) is 0 Å². The molecule has 0 aromatic heterocycles. The summed E-state index contributed by atoms with van der Waals surface area (Å²) in [4.78, 5) is 13.4. The van der Waals surface area contributed by atoms with Crippen molar-refractivity contribution in [3.05, 3.63) is 36.5 Å². The zero-order valence-electron chi connectivity index (χ0n) is 55.2. The van der Waals surface area contributed by atoms with Gasteiger partial charge in [0.2, 0.25) is 5.91 Å². The molecule has 0 aromatic carbocycles. The quantitative estimate of drug-likeness (QED) is 0.0199. The fourth-order valence-electron chi connectivity index (χ4n) is 12.1. The highest BCUT2D eigenvalue weighted by molar-refractivity contribution is 5.76. The van der Waals surface area contributed by atoms with Gasteiger partial charge >= 0.3 is 0 Å². The number of ether oxygens (including phenoxy) is 6. The van der Waals surface area contributed by atoms with E-state index in [-0.39, 0.29) is 18.9 Å². The predicted molar refractivity (Wildman–Crippen MR) is 346 cm³/mol. The van der Waals surface area contributed by atoms with E-state index in [2.05, 4.69) is 43.5 Å². The third-order valence-electron chi connectivity index (χ3n) is 17.9. The third kappa shape index (κ3) is 34.3. The number of aliphatic hydroxyl groups excluding tert-OH is 11. The molecule has 1 amide bonds. The summed E-state index contributed by atoms with van der Waals surface area (Å²) in [5, 5.41) is 120. The van der Waals surface area contributed by atoms with Crippen LogP contribution < -0.4 is 5.32 Å². The van der Waals surface area contributed by atoms with Gasteiger partial charge in [0.15, 0.2) is 18.9 Å². The smallest absolute Gasteiger partial charge is 0.220 e. The van der Waals surface area contributed by atoms with E-state index < -0.39 is 124 Å². The second-order valence-electron chi connectivity index (χ2n) is 25.7. The second-order valence-corrected chi connectivity index (χ2v) is 25.7. The Balaban J connectivity index is 1.42. The minimum atomic E-state index is -1.98. The average molecular weight is 1270 g/mol. The van der Waals surface area contributed by atoms with Gasteiger partial charge in [-0.25, -0.2) is 0 Å². The molecule has 3 saturated heterocycles. The van der Waals surface area contributed by atoms with Gasteiger partial charge in [-0.2, -0.15) is 0 Å². The Bertz CT molecular complexity index is 1760. The highest BCUT2D eigenvalue weighted by atomic mass is 16.8. The zero-order chi connectivity index (χ0) is 64.7. The molecular formula is C70H129NO18. The van der Waals surface area contributed by atoms with Crippen LogP contribution in [-0.2, 0) is 33.2 Å². The fourth-order valence-corrected chi connectivity index (χ4v) is 12.1. The molecule has 0 aromatic rings. The van der Waals surface area contributed by atoms with Crippen molar-refractivity contribution in [2.24, 2.45) is 0 Å². The van der Waals surface area contributed by atoms with Crippen molar-refractivity contribution >= 4 is 5.91 Å². The van der Waals surface area contributed by atoms with Crippen LogP contribution in [0.25, 0.3) is 0 Å². The Kier molecular flexibility index (Phi) is 47.7. The first-order chi connectivity index (χ1) is 43.3. The summed E-state index contributed by atoms with van der Waals surface area (Å²) in [6.07, 6.45) is 34.2. The Morgan fingerprint density at radius 1 is 0.393 bits per heavy atom. The first-order valence-electron chi connectivity index (χ1n) is 35.7. The molecule has 0 bridgehead atoms. The summed E-state index contributed by atoms with van der Waals surface area (Å²) in [7, 11) is 0. The number of rotatable bonds is 55. The molecule has 17 atom stereocenters. The molecule has 3 heterocycles. The molecule has 522 valence electrons. The van der Waals surface area contributed by atoms with E-state index in [1.807, 2.05) is 6.08 Å². The fraction of sp³-hybridized carbons (Fsp3) is 0.900. The molecule has 19 nitrogen and oxygen atoms in total. The van der Waals surface area contributed by atoms with Crippen LogP contribution in [0.15, 0.2) is 36.5 Å². The predicted octanol–water partition coefficient (Wildman–Crippen LogP) is 9.61. The molecule has 89 heavy (non-hydrogen) atoms. The number of unbranched alkanes of at least 4 members (excludes halogenated alkanes) is 35. The third-order valence-corrected chi connectivity index (χ3v) is 17.9.